The van der Waals surface area contributed by atoms with Crippen LogP contribution in [0.3, 0.4) is 0 Å². The van der Waals surface area contributed by atoms with Gasteiger partial charge in [0.1, 0.15) is 5.58 Å². The van der Waals surface area contributed by atoms with E-state index in [1.165, 1.54) is 0 Å². The van der Waals surface area contributed by atoms with Crippen molar-refractivity contribution in [3.8, 4) is 0 Å². The molecule has 0 atom stereocenters. The molecule has 0 aliphatic carbocycles. The summed E-state index contributed by atoms with van der Waals surface area (Å²) in [6.07, 6.45) is 0. The van der Waals surface area contributed by atoms with E-state index in [1.807, 2.05) is 49.4 Å². The molecule has 0 fully saturated rings. The Morgan fingerprint density at radius 2 is 1.85 bits per heavy atom. The molecular formula is C16H12INO2. The number of benzene rings is 2. The molecule has 0 unspecified atom stereocenters. The summed E-state index contributed by atoms with van der Waals surface area (Å²) in [5, 5.41) is 3.76. The van der Waals surface area contributed by atoms with Crippen LogP contribution in [0.15, 0.2) is 52.9 Å². The Morgan fingerprint density at radius 1 is 1.10 bits per heavy atom. The van der Waals surface area contributed by atoms with Gasteiger partial charge in [0.05, 0.1) is 0 Å². The SMILES string of the molecule is Cc1ccc2cc(C(=O)Nc3ccc(I)cc3)oc2c1. The van der Waals surface area contributed by atoms with E-state index in [-0.39, 0.29) is 5.91 Å². The van der Waals surface area contributed by atoms with Crippen molar-refractivity contribution in [2.75, 3.05) is 5.32 Å². The summed E-state index contributed by atoms with van der Waals surface area (Å²) >= 11 is 2.22. The predicted octanol–water partition coefficient (Wildman–Crippen LogP) is 4.60. The summed E-state index contributed by atoms with van der Waals surface area (Å²) in [4.78, 5) is 12.1. The number of nitrogens with one attached hydrogen (secondary N) is 1. The lowest BCUT2D eigenvalue weighted by atomic mass is 10.2. The number of furan rings is 1. The van der Waals surface area contributed by atoms with Crippen LogP contribution >= 0.6 is 22.6 Å². The first-order chi connectivity index (χ1) is 9.61. The second-order valence-electron chi connectivity index (χ2n) is 4.61. The van der Waals surface area contributed by atoms with E-state index >= 15 is 0 Å². The van der Waals surface area contributed by atoms with Gasteiger partial charge in [-0.25, -0.2) is 0 Å². The average molecular weight is 377 g/mol. The number of hydrogen-bond acceptors (Lipinski definition) is 2. The fourth-order valence-electron chi connectivity index (χ4n) is 1.98. The van der Waals surface area contributed by atoms with Gasteiger partial charge in [-0.15, -0.1) is 0 Å². The summed E-state index contributed by atoms with van der Waals surface area (Å²) in [6, 6.07) is 15.3. The lowest BCUT2D eigenvalue weighted by Crippen LogP contribution is -2.10. The second kappa shape index (κ2) is 5.28. The highest BCUT2D eigenvalue weighted by atomic mass is 127. The minimum atomic E-state index is -0.236. The number of carbonyl (C=O) groups is 1. The van der Waals surface area contributed by atoms with Crippen LogP contribution in [-0.4, -0.2) is 5.91 Å². The highest BCUT2D eigenvalue weighted by molar-refractivity contribution is 14.1. The Labute approximate surface area is 130 Å². The van der Waals surface area contributed by atoms with Gasteiger partial charge in [-0.3, -0.25) is 4.79 Å². The standard InChI is InChI=1S/C16H12INO2/c1-10-2-3-11-9-15(20-14(11)8-10)16(19)18-13-6-4-12(17)5-7-13/h2-9H,1H3,(H,18,19). The lowest BCUT2D eigenvalue weighted by Gasteiger charge is -2.02. The molecule has 2 aromatic carbocycles. The molecule has 0 saturated carbocycles. The van der Waals surface area contributed by atoms with Crippen LogP contribution in [0.1, 0.15) is 16.1 Å². The number of fused-ring (bicyclic) bond motifs is 1. The van der Waals surface area contributed by atoms with Crippen LogP contribution in [0, 0.1) is 10.5 Å². The first kappa shape index (κ1) is 13.2. The smallest absolute Gasteiger partial charge is 0.291 e. The van der Waals surface area contributed by atoms with E-state index in [2.05, 4.69) is 27.9 Å². The topological polar surface area (TPSA) is 42.2 Å². The molecule has 0 radical (unpaired) electrons. The molecule has 1 heterocycles. The Bertz CT molecular complexity index is 775. The van der Waals surface area contributed by atoms with Gasteiger partial charge in [0, 0.05) is 14.6 Å². The number of amides is 1. The molecule has 20 heavy (non-hydrogen) atoms. The Hall–Kier alpha value is -1.82. The molecule has 1 amide bonds. The highest BCUT2D eigenvalue weighted by Gasteiger charge is 2.12. The van der Waals surface area contributed by atoms with Gasteiger partial charge in [0.25, 0.3) is 5.91 Å². The van der Waals surface area contributed by atoms with Gasteiger partial charge in [0.2, 0.25) is 0 Å². The highest BCUT2D eigenvalue weighted by Crippen LogP contribution is 2.21. The first-order valence-corrected chi connectivity index (χ1v) is 7.27. The van der Waals surface area contributed by atoms with Gasteiger partial charge in [-0.05, 0) is 71.5 Å². The molecular weight excluding hydrogens is 365 g/mol. The molecule has 0 saturated heterocycles. The Kier molecular flexibility index (Phi) is 3.48. The second-order valence-corrected chi connectivity index (χ2v) is 5.86. The van der Waals surface area contributed by atoms with Crippen LogP contribution in [0.2, 0.25) is 0 Å². The van der Waals surface area contributed by atoms with Gasteiger partial charge >= 0.3 is 0 Å². The molecule has 0 spiro atoms. The number of rotatable bonds is 2. The fourth-order valence-corrected chi connectivity index (χ4v) is 2.34. The van der Waals surface area contributed by atoms with Crippen molar-refractivity contribution in [1.82, 2.24) is 0 Å². The maximum Gasteiger partial charge on any atom is 0.291 e. The van der Waals surface area contributed by atoms with E-state index in [0.717, 1.165) is 25.8 Å². The average Bonchev–Trinajstić information content (AvgIpc) is 2.84. The molecule has 100 valence electrons. The van der Waals surface area contributed by atoms with E-state index in [1.54, 1.807) is 6.07 Å². The molecule has 3 nitrogen and oxygen atoms in total. The minimum absolute atomic E-state index is 0.236. The van der Waals surface area contributed by atoms with Crippen molar-refractivity contribution in [2.45, 2.75) is 6.92 Å². The third-order valence-corrected chi connectivity index (χ3v) is 3.72. The third kappa shape index (κ3) is 2.70. The number of anilines is 1. The number of hydrogen-bond donors (Lipinski definition) is 1. The van der Waals surface area contributed by atoms with Crippen LogP contribution in [0.4, 0.5) is 5.69 Å². The van der Waals surface area contributed by atoms with E-state index in [4.69, 9.17) is 4.42 Å². The van der Waals surface area contributed by atoms with Gasteiger partial charge in [-0.2, -0.15) is 0 Å². The lowest BCUT2D eigenvalue weighted by molar-refractivity contribution is 0.0998. The summed E-state index contributed by atoms with van der Waals surface area (Å²) in [5.41, 5.74) is 2.60. The molecule has 1 aromatic heterocycles. The van der Waals surface area contributed by atoms with Crippen molar-refractivity contribution in [3.63, 3.8) is 0 Å². The van der Waals surface area contributed by atoms with Crippen molar-refractivity contribution >= 4 is 45.2 Å². The molecule has 0 aliphatic rings. The van der Waals surface area contributed by atoms with E-state index < -0.39 is 0 Å². The maximum absolute atomic E-state index is 12.1. The van der Waals surface area contributed by atoms with Crippen LogP contribution in [0.5, 0.6) is 0 Å². The van der Waals surface area contributed by atoms with Crippen molar-refractivity contribution in [3.05, 3.63) is 63.4 Å². The van der Waals surface area contributed by atoms with E-state index in [9.17, 15) is 4.79 Å². The third-order valence-electron chi connectivity index (χ3n) is 3.00. The number of carbonyl (C=O) groups excluding carboxylic acids is 1. The summed E-state index contributed by atoms with van der Waals surface area (Å²) in [6.45, 7) is 1.99. The molecule has 4 heteroatoms. The monoisotopic (exact) mass is 377 g/mol. The summed E-state index contributed by atoms with van der Waals surface area (Å²) < 4.78 is 6.72. The largest absolute Gasteiger partial charge is 0.451 e. The van der Waals surface area contributed by atoms with Gasteiger partial charge in [0.15, 0.2) is 5.76 Å². The molecule has 1 N–H and O–H groups in total. The summed E-state index contributed by atoms with van der Waals surface area (Å²) in [7, 11) is 0. The Balaban J connectivity index is 1.86. The zero-order valence-electron chi connectivity index (χ0n) is 10.8. The number of halogens is 1. The maximum atomic E-state index is 12.1. The minimum Gasteiger partial charge on any atom is -0.451 e. The van der Waals surface area contributed by atoms with Crippen LogP contribution in [-0.2, 0) is 0 Å². The molecule has 3 aromatic rings. The number of aryl methyl sites for hydroxylation is 1. The van der Waals surface area contributed by atoms with Gasteiger partial charge < -0.3 is 9.73 Å². The zero-order chi connectivity index (χ0) is 14.1. The molecule has 0 aliphatic heterocycles. The zero-order valence-corrected chi connectivity index (χ0v) is 13.0. The van der Waals surface area contributed by atoms with Crippen LogP contribution in [0.25, 0.3) is 11.0 Å². The predicted molar refractivity (Wildman–Crippen MR) is 88.1 cm³/mol. The normalized spacial score (nSPS) is 10.7. The van der Waals surface area contributed by atoms with Crippen molar-refractivity contribution in [1.29, 1.82) is 0 Å². The van der Waals surface area contributed by atoms with E-state index in [0.29, 0.717) is 5.76 Å². The Morgan fingerprint density at radius 3 is 2.60 bits per heavy atom. The van der Waals surface area contributed by atoms with Crippen molar-refractivity contribution in [2.24, 2.45) is 0 Å². The van der Waals surface area contributed by atoms with Gasteiger partial charge in [-0.1, -0.05) is 12.1 Å². The quantitative estimate of drug-likeness (QED) is 0.664. The molecule has 0 bridgehead atoms. The summed E-state index contributed by atoms with van der Waals surface area (Å²) in [5.74, 6) is 0.0872. The van der Waals surface area contributed by atoms with Crippen LogP contribution < -0.4 is 5.32 Å². The first-order valence-electron chi connectivity index (χ1n) is 6.19. The molecule has 3 rings (SSSR count). The fraction of sp³-hybridized carbons (Fsp3) is 0.0625. The van der Waals surface area contributed by atoms with Crippen molar-refractivity contribution < 1.29 is 9.21 Å².